The van der Waals surface area contributed by atoms with Crippen molar-refractivity contribution in [1.82, 2.24) is 10.6 Å². The molecular weight excluding hydrogens is 308 g/mol. The van der Waals surface area contributed by atoms with Crippen LogP contribution in [-0.2, 0) is 10.2 Å². The van der Waals surface area contributed by atoms with Gasteiger partial charge in [-0.3, -0.25) is 4.79 Å². The van der Waals surface area contributed by atoms with E-state index in [2.05, 4.69) is 48.7 Å². The zero-order valence-electron chi connectivity index (χ0n) is 14.2. The molecule has 1 aliphatic carbocycles. The van der Waals surface area contributed by atoms with Crippen LogP contribution in [0.25, 0.3) is 0 Å². The molecule has 1 saturated carbocycles. The van der Waals surface area contributed by atoms with Gasteiger partial charge in [-0.25, -0.2) is 0 Å². The van der Waals surface area contributed by atoms with Crippen molar-refractivity contribution in [3.63, 3.8) is 0 Å². The first-order valence-corrected chi connectivity index (χ1v) is 8.66. The van der Waals surface area contributed by atoms with E-state index in [4.69, 9.17) is 0 Å². The molecule has 0 aromatic heterocycles. The van der Waals surface area contributed by atoms with Gasteiger partial charge in [0.25, 0.3) is 0 Å². The number of aryl methyl sites for hydroxylation is 1. The van der Waals surface area contributed by atoms with Crippen molar-refractivity contribution in [3.05, 3.63) is 35.4 Å². The topological polar surface area (TPSA) is 41.1 Å². The SMILES string of the molecule is Cc1cccc(C2(CNC(=O)C(C)C3CNC3)CCCC2)c1.Cl. The van der Waals surface area contributed by atoms with Gasteiger partial charge in [0.1, 0.15) is 0 Å². The Kier molecular flexibility index (Phi) is 6.10. The predicted octanol–water partition coefficient (Wildman–Crippen LogP) is 3.20. The first kappa shape index (κ1) is 18.3. The highest BCUT2D eigenvalue weighted by atomic mass is 35.5. The van der Waals surface area contributed by atoms with Gasteiger partial charge in [-0.2, -0.15) is 0 Å². The maximum absolute atomic E-state index is 12.4. The van der Waals surface area contributed by atoms with Crippen molar-refractivity contribution in [2.24, 2.45) is 11.8 Å². The van der Waals surface area contributed by atoms with Crippen LogP contribution >= 0.6 is 12.4 Å². The van der Waals surface area contributed by atoms with Crippen molar-refractivity contribution in [2.45, 2.75) is 44.9 Å². The van der Waals surface area contributed by atoms with Crippen molar-refractivity contribution in [2.75, 3.05) is 19.6 Å². The Morgan fingerprint density at radius 3 is 2.61 bits per heavy atom. The molecule has 1 aliphatic heterocycles. The van der Waals surface area contributed by atoms with Crippen molar-refractivity contribution >= 4 is 18.3 Å². The standard InChI is InChI=1S/C19H28N2O.ClH/c1-14-6-5-7-17(10-14)19(8-3-4-9-19)13-21-18(22)15(2)16-11-20-12-16;/h5-7,10,15-16,20H,3-4,8-9,11-13H2,1-2H3,(H,21,22);1H. The predicted molar refractivity (Wildman–Crippen MR) is 97.1 cm³/mol. The molecule has 128 valence electrons. The molecule has 1 aromatic carbocycles. The normalized spacial score (nSPS) is 21.1. The Hall–Kier alpha value is -1.06. The summed E-state index contributed by atoms with van der Waals surface area (Å²) in [5.41, 5.74) is 2.87. The molecule has 1 aromatic rings. The summed E-state index contributed by atoms with van der Waals surface area (Å²) in [7, 11) is 0. The first-order valence-electron chi connectivity index (χ1n) is 8.66. The van der Waals surface area contributed by atoms with E-state index in [1.165, 1.54) is 36.8 Å². The summed E-state index contributed by atoms with van der Waals surface area (Å²) in [4.78, 5) is 12.4. The summed E-state index contributed by atoms with van der Waals surface area (Å²) in [6.07, 6.45) is 4.92. The van der Waals surface area contributed by atoms with Gasteiger partial charge in [-0.05, 0) is 44.3 Å². The van der Waals surface area contributed by atoms with E-state index in [0.717, 1.165) is 19.6 Å². The molecule has 1 heterocycles. The molecule has 0 bridgehead atoms. The van der Waals surface area contributed by atoms with Gasteiger partial charge in [0.15, 0.2) is 0 Å². The van der Waals surface area contributed by atoms with Crippen LogP contribution in [0.3, 0.4) is 0 Å². The van der Waals surface area contributed by atoms with Gasteiger partial charge in [0, 0.05) is 17.9 Å². The minimum Gasteiger partial charge on any atom is -0.355 e. The molecule has 3 nitrogen and oxygen atoms in total. The Morgan fingerprint density at radius 1 is 1.35 bits per heavy atom. The van der Waals surface area contributed by atoms with Gasteiger partial charge in [0.05, 0.1) is 0 Å². The van der Waals surface area contributed by atoms with Crippen LogP contribution in [0.15, 0.2) is 24.3 Å². The summed E-state index contributed by atoms with van der Waals surface area (Å²) in [5.74, 6) is 0.862. The molecule has 0 radical (unpaired) electrons. The van der Waals surface area contributed by atoms with Gasteiger partial charge >= 0.3 is 0 Å². The highest BCUT2D eigenvalue weighted by molar-refractivity contribution is 5.85. The highest BCUT2D eigenvalue weighted by Gasteiger charge is 2.37. The van der Waals surface area contributed by atoms with Crippen LogP contribution in [0.5, 0.6) is 0 Å². The Balaban J connectivity index is 0.00000192. The number of rotatable bonds is 5. The lowest BCUT2D eigenvalue weighted by Gasteiger charge is -2.34. The van der Waals surface area contributed by atoms with E-state index in [9.17, 15) is 4.79 Å². The van der Waals surface area contributed by atoms with Crippen LogP contribution in [0.1, 0.15) is 43.7 Å². The average molecular weight is 337 g/mol. The number of carbonyl (C=O) groups excluding carboxylic acids is 1. The van der Waals surface area contributed by atoms with Crippen LogP contribution in [-0.4, -0.2) is 25.5 Å². The van der Waals surface area contributed by atoms with Gasteiger partial charge in [-0.15, -0.1) is 12.4 Å². The fourth-order valence-corrected chi connectivity index (χ4v) is 3.89. The highest BCUT2D eigenvalue weighted by Crippen LogP contribution is 2.41. The molecule has 3 rings (SSSR count). The lowest BCUT2D eigenvalue weighted by Crippen LogP contribution is -2.51. The zero-order valence-corrected chi connectivity index (χ0v) is 15.0. The number of benzene rings is 1. The second-order valence-electron chi connectivity index (χ2n) is 7.28. The Morgan fingerprint density at radius 2 is 2.04 bits per heavy atom. The largest absolute Gasteiger partial charge is 0.355 e. The van der Waals surface area contributed by atoms with Crippen LogP contribution in [0, 0.1) is 18.8 Å². The average Bonchev–Trinajstić information content (AvgIpc) is 2.93. The van der Waals surface area contributed by atoms with E-state index < -0.39 is 0 Å². The summed E-state index contributed by atoms with van der Waals surface area (Å²) in [5, 5.41) is 6.52. The zero-order chi connectivity index (χ0) is 15.6. The minimum atomic E-state index is 0. The van der Waals surface area contributed by atoms with Crippen molar-refractivity contribution in [1.29, 1.82) is 0 Å². The van der Waals surface area contributed by atoms with Gasteiger partial charge in [-0.1, -0.05) is 49.6 Å². The molecule has 4 heteroatoms. The maximum Gasteiger partial charge on any atom is 0.223 e. The molecule has 1 unspecified atom stereocenters. The van der Waals surface area contributed by atoms with Crippen molar-refractivity contribution < 1.29 is 4.79 Å². The summed E-state index contributed by atoms with van der Waals surface area (Å²) in [6, 6.07) is 8.84. The van der Waals surface area contributed by atoms with E-state index in [0.29, 0.717) is 5.92 Å². The van der Waals surface area contributed by atoms with Crippen LogP contribution in [0.4, 0.5) is 0 Å². The fourth-order valence-electron chi connectivity index (χ4n) is 3.89. The molecular formula is C19H29ClN2O. The number of carbonyl (C=O) groups is 1. The molecule has 0 spiro atoms. The Labute approximate surface area is 146 Å². The van der Waals surface area contributed by atoms with E-state index in [-0.39, 0.29) is 29.6 Å². The second kappa shape index (κ2) is 7.67. The molecule has 1 saturated heterocycles. The number of amides is 1. The van der Waals surface area contributed by atoms with Gasteiger partial charge in [0.2, 0.25) is 5.91 Å². The minimum absolute atomic E-state index is 0. The third-order valence-corrected chi connectivity index (χ3v) is 5.73. The first-order chi connectivity index (χ1) is 10.6. The molecule has 23 heavy (non-hydrogen) atoms. The summed E-state index contributed by atoms with van der Waals surface area (Å²) in [6.45, 7) is 6.97. The number of halogens is 1. The lowest BCUT2D eigenvalue weighted by atomic mass is 9.78. The fraction of sp³-hybridized carbons (Fsp3) is 0.632. The van der Waals surface area contributed by atoms with Crippen molar-refractivity contribution in [3.8, 4) is 0 Å². The van der Waals surface area contributed by atoms with E-state index in [1.54, 1.807) is 0 Å². The molecule has 2 aliphatic rings. The summed E-state index contributed by atoms with van der Waals surface area (Å²) >= 11 is 0. The monoisotopic (exact) mass is 336 g/mol. The quantitative estimate of drug-likeness (QED) is 0.867. The smallest absolute Gasteiger partial charge is 0.223 e. The number of nitrogens with one attached hydrogen (secondary N) is 2. The van der Waals surface area contributed by atoms with E-state index in [1.807, 2.05) is 0 Å². The maximum atomic E-state index is 12.4. The Bertz CT molecular complexity index is 536. The third-order valence-electron chi connectivity index (χ3n) is 5.73. The molecule has 1 atom stereocenters. The third kappa shape index (κ3) is 3.89. The number of hydrogen-bond donors (Lipinski definition) is 2. The molecule has 2 fully saturated rings. The van der Waals surface area contributed by atoms with E-state index >= 15 is 0 Å². The van der Waals surface area contributed by atoms with Crippen LogP contribution in [0.2, 0.25) is 0 Å². The molecule has 2 N–H and O–H groups in total. The van der Waals surface area contributed by atoms with Gasteiger partial charge < -0.3 is 10.6 Å². The molecule has 1 amide bonds. The summed E-state index contributed by atoms with van der Waals surface area (Å²) < 4.78 is 0. The van der Waals surface area contributed by atoms with Crippen LogP contribution < -0.4 is 10.6 Å². The number of hydrogen-bond acceptors (Lipinski definition) is 2. The lowest BCUT2D eigenvalue weighted by molar-refractivity contribution is -0.127. The second-order valence-corrected chi connectivity index (χ2v) is 7.28.